The molecule has 0 spiro atoms. The molecule has 3 aromatic rings. The molecule has 140 valence electrons. The second-order valence-corrected chi connectivity index (χ2v) is 7.52. The zero-order valence-electron chi connectivity index (χ0n) is 15.4. The molecule has 1 aliphatic heterocycles. The molecule has 1 saturated carbocycles. The minimum absolute atomic E-state index is 0.271. The molecule has 0 bridgehead atoms. The summed E-state index contributed by atoms with van der Waals surface area (Å²) in [5.74, 6) is 2.19. The van der Waals surface area contributed by atoms with Crippen LogP contribution in [0.25, 0.3) is 17.2 Å². The number of pyridine rings is 1. The Morgan fingerprint density at radius 3 is 2.74 bits per heavy atom. The van der Waals surface area contributed by atoms with Gasteiger partial charge in [0.25, 0.3) is 0 Å². The Morgan fingerprint density at radius 2 is 1.96 bits per heavy atom. The van der Waals surface area contributed by atoms with Gasteiger partial charge < -0.3 is 4.52 Å². The topological polar surface area (TPSA) is 72.9 Å². The first kappa shape index (κ1) is 16.6. The summed E-state index contributed by atoms with van der Waals surface area (Å²) >= 11 is 0. The number of imidazole rings is 1. The van der Waals surface area contributed by atoms with E-state index in [0.717, 1.165) is 30.2 Å². The smallest absolute Gasteiger partial charge is 0.244 e. The largest absolute Gasteiger partial charge is 0.337 e. The van der Waals surface area contributed by atoms with E-state index in [2.05, 4.69) is 20.0 Å². The van der Waals surface area contributed by atoms with Gasteiger partial charge in [-0.3, -0.25) is 9.47 Å². The maximum absolute atomic E-state index is 5.68. The van der Waals surface area contributed by atoms with E-state index in [4.69, 9.17) is 9.51 Å². The van der Waals surface area contributed by atoms with Gasteiger partial charge in [0, 0.05) is 30.2 Å². The SMILES string of the molecule is c1cn(-c2ccc(-c3noc([C@@H]4CCCN4C4CCCCC4)n3)cn2)cn1. The van der Waals surface area contributed by atoms with Crippen molar-refractivity contribution < 1.29 is 4.52 Å². The minimum Gasteiger partial charge on any atom is -0.337 e. The number of aromatic nitrogens is 5. The van der Waals surface area contributed by atoms with Crippen molar-refractivity contribution in [3.8, 4) is 17.2 Å². The van der Waals surface area contributed by atoms with Crippen LogP contribution in [0, 0.1) is 0 Å². The average Bonchev–Trinajstić information content (AvgIpc) is 3.50. The molecule has 1 atom stereocenters. The van der Waals surface area contributed by atoms with Crippen LogP contribution in [-0.2, 0) is 0 Å². The van der Waals surface area contributed by atoms with E-state index in [9.17, 15) is 0 Å². The van der Waals surface area contributed by atoms with Gasteiger partial charge in [-0.2, -0.15) is 4.98 Å². The van der Waals surface area contributed by atoms with Crippen LogP contribution >= 0.6 is 0 Å². The normalized spacial score (nSPS) is 21.7. The third-order valence-electron chi connectivity index (χ3n) is 5.84. The quantitative estimate of drug-likeness (QED) is 0.701. The maximum atomic E-state index is 5.68. The van der Waals surface area contributed by atoms with E-state index < -0.39 is 0 Å². The molecule has 2 fully saturated rings. The lowest BCUT2D eigenvalue weighted by molar-refractivity contribution is 0.121. The molecule has 27 heavy (non-hydrogen) atoms. The zero-order chi connectivity index (χ0) is 18.1. The summed E-state index contributed by atoms with van der Waals surface area (Å²) in [5, 5.41) is 4.23. The van der Waals surface area contributed by atoms with Crippen LogP contribution in [-0.4, -0.2) is 42.2 Å². The van der Waals surface area contributed by atoms with Crippen molar-refractivity contribution in [1.82, 2.24) is 29.6 Å². The highest BCUT2D eigenvalue weighted by Crippen LogP contribution is 2.37. The van der Waals surface area contributed by atoms with Gasteiger partial charge in [-0.15, -0.1) is 0 Å². The predicted molar refractivity (Wildman–Crippen MR) is 100 cm³/mol. The molecule has 5 rings (SSSR count). The number of likely N-dealkylation sites (tertiary alicyclic amines) is 1. The summed E-state index contributed by atoms with van der Waals surface area (Å²) in [5.41, 5.74) is 0.871. The lowest BCUT2D eigenvalue weighted by Gasteiger charge is -2.34. The molecule has 1 saturated heterocycles. The van der Waals surface area contributed by atoms with Crippen LogP contribution in [0.4, 0.5) is 0 Å². The second kappa shape index (κ2) is 7.23. The highest BCUT2D eigenvalue weighted by Gasteiger charge is 2.35. The van der Waals surface area contributed by atoms with E-state index >= 15 is 0 Å². The fourth-order valence-corrected chi connectivity index (χ4v) is 4.46. The van der Waals surface area contributed by atoms with E-state index in [1.54, 1.807) is 18.7 Å². The lowest BCUT2D eigenvalue weighted by atomic mass is 9.94. The summed E-state index contributed by atoms with van der Waals surface area (Å²) in [6, 6.07) is 4.87. The monoisotopic (exact) mass is 364 g/mol. The van der Waals surface area contributed by atoms with Crippen LogP contribution in [0.2, 0.25) is 0 Å². The van der Waals surface area contributed by atoms with Crippen molar-refractivity contribution >= 4 is 0 Å². The lowest BCUT2D eigenvalue weighted by Crippen LogP contribution is -2.36. The molecule has 0 aromatic carbocycles. The van der Waals surface area contributed by atoms with E-state index in [1.807, 2.05) is 22.9 Å². The van der Waals surface area contributed by atoms with Gasteiger partial charge in [-0.05, 0) is 44.4 Å². The molecule has 1 aliphatic carbocycles. The first-order valence-corrected chi connectivity index (χ1v) is 9.92. The van der Waals surface area contributed by atoms with E-state index in [0.29, 0.717) is 11.9 Å². The van der Waals surface area contributed by atoms with Crippen molar-refractivity contribution in [3.63, 3.8) is 0 Å². The Hall–Kier alpha value is -2.54. The summed E-state index contributed by atoms with van der Waals surface area (Å²) in [7, 11) is 0. The van der Waals surface area contributed by atoms with Crippen LogP contribution in [0.1, 0.15) is 56.9 Å². The zero-order valence-corrected chi connectivity index (χ0v) is 15.4. The Morgan fingerprint density at radius 1 is 1.04 bits per heavy atom. The predicted octanol–water partition coefficient (Wildman–Crippen LogP) is 3.79. The molecule has 3 aromatic heterocycles. The van der Waals surface area contributed by atoms with E-state index in [-0.39, 0.29) is 6.04 Å². The molecule has 4 heterocycles. The average molecular weight is 364 g/mol. The summed E-state index contributed by atoms with van der Waals surface area (Å²) in [6.07, 6.45) is 16.1. The Kier molecular flexibility index (Phi) is 4.45. The Labute approximate surface area is 158 Å². The number of hydrogen-bond donors (Lipinski definition) is 0. The Balaban J connectivity index is 1.34. The van der Waals surface area contributed by atoms with Gasteiger partial charge >= 0.3 is 0 Å². The van der Waals surface area contributed by atoms with Crippen molar-refractivity contribution in [2.45, 2.75) is 57.0 Å². The van der Waals surface area contributed by atoms with Crippen molar-refractivity contribution in [2.24, 2.45) is 0 Å². The summed E-state index contributed by atoms with van der Waals surface area (Å²) in [6.45, 7) is 1.15. The summed E-state index contributed by atoms with van der Waals surface area (Å²) < 4.78 is 7.55. The van der Waals surface area contributed by atoms with E-state index in [1.165, 1.54) is 38.5 Å². The molecule has 0 radical (unpaired) electrons. The molecular formula is C20H24N6O. The highest BCUT2D eigenvalue weighted by molar-refractivity contribution is 5.53. The van der Waals surface area contributed by atoms with Crippen molar-refractivity contribution in [3.05, 3.63) is 42.9 Å². The molecule has 7 nitrogen and oxygen atoms in total. The number of rotatable bonds is 4. The number of nitrogens with zero attached hydrogens (tertiary/aromatic N) is 6. The molecule has 7 heteroatoms. The van der Waals surface area contributed by atoms with Crippen molar-refractivity contribution in [1.29, 1.82) is 0 Å². The van der Waals surface area contributed by atoms with Gasteiger partial charge in [0.2, 0.25) is 11.7 Å². The second-order valence-electron chi connectivity index (χ2n) is 7.52. The minimum atomic E-state index is 0.271. The van der Waals surface area contributed by atoms with Gasteiger partial charge in [0.05, 0.1) is 6.04 Å². The summed E-state index contributed by atoms with van der Waals surface area (Å²) in [4.78, 5) is 15.9. The van der Waals surface area contributed by atoms with Crippen molar-refractivity contribution in [2.75, 3.05) is 6.54 Å². The maximum Gasteiger partial charge on any atom is 0.244 e. The molecule has 0 unspecified atom stereocenters. The molecular weight excluding hydrogens is 340 g/mol. The van der Waals surface area contributed by atoms with Gasteiger partial charge in [-0.25, -0.2) is 9.97 Å². The van der Waals surface area contributed by atoms with Crippen LogP contribution in [0.3, 0.4) is 0 Å². The molecule has 2 aliphatic rings. The van der Waals surface area contributed by atoms with Gasteiger partial charge in [0.15, 0.2) is 0 Å². The van der Waals surface area contributed by atoms with Gasteiger partial charge in [-0.1, -0.05) is 24.4 Å². The Bertz CT molecular complexity index is 866. The number of hydrogen-bond acceptors (Lipinski definition) is 6. The fraction of sp³-hybridized carbons (Fsp3) is 0.500. The molecule has 0 amide bonds. The third-order valence-corrected chi connectivity index (χ3v) is 5.84. The standard InChI is InChI=1S/C20H24N6O/c1-2-5-16(6-3-1)26-11-4-7-17(26)20-23-19(24-27-20)15-8-9-18(22-13-15)25-12-10-21-14-25/h8-10,12-14,16-17H,1-7,11H2/t17-/m0/s1. The first-order valence-electron chi connectivity index (χ1n) is 9.92. The van der Waals surface area contributed by atoms with Crippen LogP contribution in [0.15, 0.2) is 41.6 Å². The molecule has 0 N–H and O–H groups in total. The van der Waals surface area contributed by atoms with Crippen LogP contribution in [0.5, 0.6) is 0 Å². The first-order chi connectivity index (χ1) is 13.4. The van der Waals surface area contributed by atoms with Crippen LogP contribution < -0.4 is 0 Å². The van der Waals surface area contributed by atoms with Gasteiger partial charge in [0.1, 0.15) is 12.1 Å². The fourth-order valence-electron chi connectivity index (χ4n) is 4.46. The highest BCUT2D eigenvalue weighted by atomic mass is 16.5. The third kappa shape index (κ3) is 3.27.